The van der Waals surface area contributed by atoms with Crippen LogP contribution >= 0.6 is 0 Å². The Hall–Kier alpha value is -1.51. The van der Waals surface area contributed by atoms with Gasteiger partial charge in [0.2, 0.25) is 0 Å². The first-order chi connectivity index (χ1) is 9.57. The highest BCUT2D eigenvalue weighted by molar-refractivity contribution is 5.91. The predicted octanol–water partition coefficient (Wildman–Crippen LogP) is -1.11. The van der Waals surface area contributed by atoms with Crippen molar-refractivity contribution in [3.63, 3.8) is 0 Å². The summed E-state index contributed by atoms with van der Waals surface area (Å²) < 4.78 is 9.33. The Kier molecular flexibility index (Phi) is 8.08. The van der Waals surface area contributed by atoms with Crippen LogP contribution in [0.4, 0.5) is 0 Å². The van der Waals surface area contributed by atoms with E-state index in [1.54, 1.807) is 27.7 Å². The van der Waals surface area contributed by atoms with Gasteiger partial charge in [0.25, 0.3) is 0 Å². The van der Waals surface area contributed by atoms with Gasteiger partial charge in [0.15, 0.2) is 0 Å². The number of carbonyl (C=O) groups excluding carboxylic acids is 3. The molecule has 0 spiro atoms. The summed E-state index contributed by atoms with van der Waals surface area (Å²) in [5.74, 6) is -2.81. The van der Waals surface area contributed by atoms with E-state index in [1.807, 2.05) is 0 Å². The van der Waals surface area contributed by atoms with Crippen molar-refractivity contribution in [3.05, 3.63) is 0 Å². The molecule has 0 amide bonds. The van der Waals surface area contributed by atoms with Crippen LogP contribution in [0.25, 0.3) is 0 Å². The van der Waals surface area contributed by atoms with E-state index in [0.29, 0.717) is 0 Å². The normalized spacial score (nSPS) is 15.5. The third-order valence-electron chi connectivity index (χ3n) is 2.89. The molecular formula is C13H25N3O5. The van der Waals surface area contributed by atoms with Crippen LogP contribution in [0, 0.1) is 11.8 Å². The second-order valence-electron chi connectivity index (χ2n) is 5.52. The average molecular weight is 303 g/mol. The van der Waals surface area contributed by atoms with E-state index < -0.39 is 42.6 Å². The molecule has 0 aliphatic rings. The van der Waals surface area contributed by atoms with Crippen molar-refractivity contribution < 1.29 is 23.9 Å². The summed E-state index contributed by atoms with van der Waals surface area (Å²) in [6.45, 7) is 6.53. The zero-order valence-corrected chi connectivity index (χ0v) is 12.9. The molecule has 0 heterocycles. The van der Waals surface area contributed by atoms with Crippen molar-refractivity contribution in [3.8, 4) is 0 Å². The second kappa shape index (κ2) is 8.71. The summed E-state index contributed by atoms with van der Waals surface area (Å²) in [4.78, 5) is 34.5. The highest BCUT2D eigenvalue weighted by Crippen LogP contribution is 2.03. The summed E-state index contributed by atoms with van der Waals surface area (Å²) >= 11 is 0. The molecular weight excluding hydrogens is 278 g/mol. The first-order valence-electron chi connectivity index (χ1n) is 6.76. The smallest absolute Gasteiger partial charge is 0.334 e. The van der Waals surface area contributed by atoms with Crippen molar-refractivity contribution in [1.29, 1.82) is 0 Å². The highest BCUT2D eigenvalue weighted by Gasteiger charge is 2.27. The molecule has 3 atom stereocenters. The van der Waals surface area contributed by atoms with Gasteiger partial charge in [-0.15, -0.1) is 0 Å². The molecule has 0 aromatic rings. The van der Waals surface area contributed by atoms with Gasteiger partial charge in [-0.3, -0.25) is 4.79 Å². The first-order valence-corrected chi connectivity index (χ1v) is 6.76. The quantitative estimate of drug-likeness (QED) is 0.396. The van der Waals surface area contributed by atoms with Gasteiger partial charge in [-0.25, -0.2) is 9.59 Å². The lowest BCUT2D eigenvalue weighted by Crippen LogP contribution is -2.45. The molecule has 0 aliphatic heterocycles. The molecule has 0 fully saturated rings. The minimum Gasteiger partial charge on any atom is -0.462 e. The molecule has 0 bridgehead atoms. The number of ether oxygens (including phenoxy) is 2. The van der Waals surface area contributed by atoms with E-state index >= 15 is 0 Å². The Morgan fingerprint density at radius 2 is 1.24 bits per heavy atom. The monoisotopic (exact) mass is 303 g/mol. The zero-order valence-electron chi connectivity index (χ0n) is 12.9. The van der Waals surface area contributed by atoms with Gasteiger partial charge in [0.05, 0.1) is 0 Å². The Balaban J connectivity index is 4.29. The first kappa shape index (κ1) is 19.5. The molecule has 0 rings (SSSR count). The number of carbonyl (C=O) groups is 3. The van der Waals surface area contributed by atoms with Crippen LogP contribution in [0.2, 0.25) is 0 Å². The van der Waals surface area contributed by atoms with Crippen LogP contribution in [-0.2, 0) is 23.9 Å². The Labute approximate surface area is 124 Å². The molecule has 0 aliphatic carbocycles. The van der Waals surface area contributed by atoms with E-state index in [2.05, 4.69) is 4.74 Å². The van der Waals surface area contributed by atoms with Gasteiger partial charge in [-0.05, 0) is 11.8 Å². The van der Waals surface area contributed by atoms with Crippen molar-refractivity contribution in [2.75, 3.05) is 6.61 Å². The van der Waals surface area contributed by atoms with Crippen LogP contribution in [-0.4, -0.2) is 42.6 Å². The maximum atomic E-state index is 11.6. The van der Waals surface area contributed by atoms with Gasteiger partial charge in [0.1, 0.15) is 24.7 Å². The summed E-state index contributed by atoms with van der Waals surface area (Å²) in [5.41, 5.74) is 16.6. The van der Waals surface area contributed by atoms with Gasteiger partial charge >= 0.3 is 17.9 Å². The fraction of sp³-hybridized carbons (Fsp3) is 0.769. The molecule has 8 heteroatoms. The molecule has 122 valence electrons. The second-order valence-corrected chi connectivity index (χ2v) is 5.52. The van der Waals surface area contributed by atoms with Gasteiger partial charge in [0, 0.05) is 0 Å². The number of nitrogens with two attached hydrogens (primary N) is 3. The van der Waals surface area contributed by atoms with E-state index in [0.717, 1.165) is 0 Å². The van der Waals surface area contributed by atoms with Crippen molar-refractivity contribution in [2.24, 2.45) is 29.0 Å². The topological polar surface area (TPSA) is 148 Å². The summed E-state index contributed by atoms with van der Waals surface area (Å²) in [6.07, 6.45) is 0. The Morgan fingerprint density at radius 3 is 1.67 bits per heavy atom. The lowest BCUT2D eigenvalue weighted by Gasteiger charge is -2.17. The van der Waals surface area contributed by atoms with Crippen LogP contribution in [0.15, 0.2) is 0 Å². The maximum absolute atomic E-state index is 11.6. The molecule has 0 aromatic heterocycles. The third kappa shape index (κ3) is 6.65. The van der Waals surface area contributed by atoms with E-state index in [1.165, 1.54) is 0 Å². The minimum absolute atomic E-state index is 0.105. The summed E-state index contributed by atoms with van der Waals surface area (Å²) in [5, 5.41) is 0. The molecule has 0 saturated carbocycles. The lowest BCUT2D eigenvalue weighted by atomic mass is 10.1. The third-order valence-corrected chi connectivity index (χ3v) is 2.89. The number of hydrogen-bond acceptors (Lipinski definition) is 8. The standard InChI is InChI=1S/C13H25N3O5/c1-6(2)9(15)12(18)20-5-8(14)11(17)21-13(19)10(16)7(3)4/h6-10H,5,14-16H2,1-4H3/t8-,9-,10-/m0/s1. The van der Waals surface area contributed by atoms with Gasteiger partial charge in [-0.1, -0.05) is 27.7 Å². The Bertz CT molecular complexity index is 384. The molecule has 0 saturated heterocycles. The molecule has 0 radical (unpaired) electrons. The van der Waals surface area contributed by atoms with Crippen molar-refractivity contribution in [1.82, 2.24) is 0 Å². The van der Waals surface area contributed by atoms with Gasteiger partial charge < -0.3 is 26.7 Å². The van der Waals surface area contributed by atoms with E-state index in [-0.39, 0.29) is 11.8 Å². The van der Waals surface area contributed by atoms with Crippen LogP contribution in [0.3, 0.4) is 0 Å². The average Bonchev–Trinajstić information content (AvgIpc) is 2.41. The number of hydrogen-bond donors (Lipinski definition) is 3. The predicted molar refractivity (Wildman–Crippen MR) is 75.7 cm³/mol. The maximum Gasteiger partial charge on any atom is 0.334 e. The highest BCUT2D eigenvalue weighted by atomic mass is 16.6. The molecule has 6 N–H and O–H groups in total. The number of esters is 3. The number of rotatable bonds is 7. The van der Waals surface area contributed by atoms with Crippen LogP contribution in [0.1, 0.15) is 27.7 Å². The summed E-state index contributed by atoms with van der Waals surface area (Å²) in [7, 11) is 0. The van der Waals surface area contributed by atoms with Crippen LogP contribution < -0.4 is 17.2 Å². The Morgan fingerprint density at radius 1 is 0.810 bits per heavy atom. The van der Waals surface area contributed by atoms with E-state index in [9.17, 15) is 14.4 Å². The fourth-order valence-electron chi connectivity index (χ4n) is 1.12. The molecule has 0 unspecified atom stereocenters. The largest absolute Gasteiger partial charge is 0.462 e. The molecule has 0 aromatic carbocycles. The SMILES string of the molecule is CC(C)[C@H](N)C(=O)OC[C@H](N)C(=O)OC(=O)[C@@H](N)C(C)C. The minimum atomic E-state index is -1.27. The van der Waals surface area contributed by atoms with Crippen LogP contribution in [0.5, 0.6) is 0 Å². The van der Waals surface area contributed by atoms with Crippen molar-refractivity contribution >= 4 is 17.9 Å². The molecule has 8 nitrogen and oxygen atoms in total. The lowest BCUT2D eigenvalue weighted by molar-refractivity contribution is -0.163. The summed E-state index contributed by atoms with van der Waals surface area (Å²) in [6, 6.07) is -2.99. The molecule has 21 heavy (non-hydrogen) atoms. The van der Waals surface area contributed by atoms with Crippen molar-refractivity contribution in [2.45, 2.75) is 45.8 Å². The van der Waals surface area contributed by atoms with E-state index in [4.69, 9.17) is 21.9 Å². The fourth-order valence-corrected chi connectivity index (χ4v) is 1.12. The zero-order chi connectivity index (χ0) is 16.7. The van der Waals surface area contributed by atoms with Gasteiger partial charge in [-0.2, -0.15) is 0 Å².